The SMILES string of the molecule is O=C(CNc1cccc(Cl)c1Cl)Nc1ccccc1C(=O)NC1CCCC1. The number of anilines is 2. The van der Waals surface area contributed by atoms with Crippen LogP contribution in [0, 0.1) is 0 Å². The Bertz CT molecular complexity index is 836. The zero-order valence-electron chi connectivity index (χ0n) is 14.7. The first-order valence-electron chi connectivity index (χ1n) is 8.92. The van der Waals surface area contributed by atoms with Crippen LogP contribution in [-0.4, -0.2) is 24.4 Å². The van der Waals surface area contributed by atoms with Gasteiger partial charge in [0.05, 0.1) is 33.5 Å². The Morgan fingerprint density at radius 1 is 0.963 bits per heavy atom. The highest BCUT2D eigenvalue weighted by molar-refractivity contribution is 6.43. The van der Waals surface area contributed by atoms with Crippen molar-refractivity contribution in [3.8, 4) is 0 Å². The van der Waals surface area contributed by atoms with Crippen LogP contribution in [0.15, 0.2) is 42.5 Å². The number of hydrogen-bond donors (Lipinski definition) is 3. The van der Waals surface area contributed by atoms with E-state index in [2.05, 4.69) is 16.0 Å². The van der Waals surface area contributed by atoms with E-state index in [0.29, 0.717) is 27.0 Å². The molecule has 1 saturated carbocycles. The molecule has 0 spiro atoms. The van der Waals surface area contributed by atoms with Crippen molar-refractivity contribution in [2.45, 2.75) is 31.7 Å². The lowest BCUT2D eigenvalue weighted by Crippen LogP contribution is -2.33. The lowest BCUT2D eigenvalue weighted by Gasteiger charge is -2.15. The molecule has 0 bridgehead atoms. The smallest absolute Gasteiger partial charge is 0.253 e. The highest BCUT2D eigenvalue weighted by Gasteiger charge is 2.20. The molecule has 0 aliphatic heterocycles. The Hall–Kier alpha value is -2.24. The van der Waals surface area contributed by atoms with Gasteiger partial charge in [-0.15, -0.1) is 0 Å². The zero-order chi connectivity index (χ0) is 19.2. The summed E-state index contributed by atoms with van der Waals surface area (Å²) in [5.41, 5.74) is 1.52. The Labute approximate surface area is 168 Å². The summed E-state index contributed by atoms with van der Waals surface area (Å²) >= 11 is 12.1. The maximum absolute atomic E-state index is 12.6. The third-order valence-electron chi connectivity index (χ3n) is 4.53. The Balaban J connectivity index is 1.62. The second-order valence-electron chi connectivity index (χ2n) is 6.50. The second-order valence-corrected chi connectivity index (χ2v) is 7.29. The van der Waals surface area contributed by atoms with Crippen LogP contribution in [0.4, 0.5) is 11.4 Å². The molecule has 27 heavy (non-hydrogen) atoms. The minimum atomic E-state index is -0.285. The van der Waals surface area contributed by atoms with Crippen molar-refractivity contribution in [1.82, 2.24) is 5.32 Å². The molecular weight excluding hydrogens is 385 g/mol. The van der Waals surface area contributed by atoms with E-state index < -0.39 is 0 Å². The van der Waals surface area contributed by atoms with E-state index in [9.17, 15) is 9.59 Å². The van der Waals surface area contributed by atoms with Gasteiger partial charge in [-0.1, -0.05) is 54.2 Å². The molecule has 1 aliphatic carbocycles. The van der Waals surface area contributed by atoms with Crippen molar-refractivity contribution < 1.29 is 9.59 Å². The topological polar surface area (TPSA) is 70.2 Å². The molecular formula is C20H21Cl2N3O2. The summed E-state index contributed by atoms with van der Waals surface area (Å²) in [7, 11) is 0. The van der Waals surface area contributed by atoms with Gasteiger partial charge >= 0.3 is 0 Å². The van der Waals surface area contributed by atoms with E-state index in [0.717, 1.165) is 25.7 Å². The summed E-state index contributed by atoms with van der Waals surface area (Å²) in [6, 6.07) is 12.4. The largest absolute Gasteiger partial charge is 0.375 e. The third kappa shape index (κ3) is 5.15. The molecule has 2 amide bonds. The normalized spacial score (nSPS) is 14.0. The van der Waals surface area contributed by atoms with Gasteiger partial charge in [0.2, 0.25) is 5.91 Å². The minimum absolute atomic E-state index is 0.00135. The molecule has 1 aliphatic rings. The van der Waals surface area contributed by atoms with Crippen molar-refractivity contribution in [3.63, 3.8) is 0 Å². The van der Waals surface area contributed by atoms with Crippen LogP contribution in [0.1, 0.15) is 36.0 Å². The van der Waals surface area contributed by atoms with Crippen molar-refractivity contribution in [2.24, 2.45) is 0 Å². The Morgan fingerprint density at radius 2 is 1.67 bits per heavy atom. The number of amides is 2. The van der Waals surface area contributed by atoms with Gasteiger partial charge in [-0.25, -0.2) is 0 Å². The molecule has 2 aromatic rings. The lowest BCUT2D eigenvalue weighted by molar-refractivity contribution is -0.114. The number of nitrogens with one attached hydrogen (secondary N) is 3. The van der Waals surface area contributed by atoms with Crippen molar-refractivity contribution in [1.29, 1.82) is 0 Å². The molecule has 0 atom stereocenters. The van der Waals surface area contributed by atoms with Crippen LogP contribution >= 0.6 is 23.2 Å². The summed E-state index contributed by atoms with van der Waals surface area (Å²) in [5.74, 6) is -0.448. The third-order valence-corrected chi connectivity index (χ3v) is 5.35. The average Bonchev–Trinajstić information content (AvgIpc) is 3.16. The zero-order valence-corrected chi connectivity index (χ0v) is 16.2. The molecule has 0 aromatic heterocycles. The van der Waals surface area contributed by atoms with Crippen LogP contribution in [-0.2, 0) is 4.79 Å². The fourth-order valence-corrected chi connectivity index (χ4v) is 3.50. The summed E-state index contributed by atoms with van der Waals surface area (Å²) in [5, 5.41) is 9.55. The van der Waals surface area contributed by atoms with Crippen LogP contribution in [0.25, 0.3) is 0 Å². The van der Waals surface area contributed by atoms with Gasteiger partial charge in [-0.3, -0.25) is 9.59 Å². The van der Waals surface area contributed by atoms with Crippen LogP contribution < -0.4 is 16.0 Å². The predicted octanol–water partition coefficient (Wildman–Crippen LogP) is 4.72. The summed E-state index contributed by atoms with van der Waals surface area (Å²) in [6.07, 6.45) is 4.29. The molecule has 0 unspecified atom stereocenters. The monoisotopic (exact) mass is 405 g/mol. The lowest BCUT2D eigenvalue weighted by atomic mass is 10.1. The number of halogens is 2. The van der Waals surface area contributed by atoms with Crippen molar-refractivity contribution in [3.05, 3.63) is 58.1 Å². The van der Waals surface area contributed by atoms with Gasteiger partial charge in [0.15, 0.2) is 0 Å². The summed E-state index contributed by atoms with van der Waals surface area (Å²) in [4.78, 5) is 24.9. The maximum Gasteiger partial charge on any atom is 0.253 e. The predicted molar refractivity (Wildman–Crippen MR) is 110 cm³/mol. The van der Waals surface area contributed by atoms with Gasteiger partial charge in [0.1, 0.15) is 0 Å². The van der Waals surface area contributed by atoms with E-state index in [-0.39, 0.29) is 24.4 Å². The molecule has 3 rings (SSSR count). The maximum atomic E-state index is 12.6. The van der Waals surface area contributed by atoms with Gasteiger partial charge < -0.3 is 16.0 Å². The van der Waals surface area contributed by atoms with Crippen LogP contribution in [0.5, 0.6) is 0 Å². The second kappa shape index (κ2) is 9.11. The molecule has 0 heterocycles. The van der Waals surface area contributed by atoms with Gasteiger partial charge in [0, 0.05) is 6.04 Å². The van der Waals surface area contributed by atoms with Crippen LogP contribution in [0.3, 0.4) is 0 Å². The molecule has 0 saturated heterocycles. The average molecular weight is 406 g/mol. The molecule has 5 nitrogen and oxygen atoms in total. The number of carbonyl (C=O) groups excluding carboxylic acids is 2. The Kier molecular flexibility index (Phi) is 6.58. The number of hydrogen-bond acceptors (Lipinski definition) is 3. The van der Waals surface area contributed by atoms with E-state index in [1.807, 2.05) is 0 Å². The fraction of sp³-hybridized carbons (Fsp3) is 0.300. The fourth-order valence-electron chi connectivity index (χ4n) is 3.13. The first-order chi connectivity index (χ1) is 13.0. The van der Waals surface area contributed by atoms with Gasteiger partial charge in [-0.2, -0.15) is 0 Å². The van der Waals surface area contributed by atoms with Gasteiger partial charge in [-0.05, 0) is 37.1 Å². The van der Waals surface area contributed by atoms with E-state index in [4.69, 9.17) is 23.2 Å². The van der Waals surface area contributed by atoms with E-state index >= 15 is 0 Å². The molecule has 1 fully saturated rings. The Morgan fingerprint density at radius 3 is 2.44 bits per heavy atom. The number of carbonyl (C=O) groups is 2. The van der Waals surface area contributed by atoms with Crippen LogP contribution in [0.2, 0.25) is 10.0 Å². The van der Waals surface area contributed by atoms with Crippen molar-refractivity contribution >= 4 is 46.4 Å². The first-order valence-corrected chi connectivity index (χ1v) is 9.68. The minimum Gasteiger partial charge on any atom is -0.375 e. The summed E-state index contributed by atoms with van der Waals surface area (Å²) in [6.45, 7) is -0.00135. The summed E-state index contributed by atoms with van der Waals surface area (Å²) < 4.78 is 0. The molecule has 0 radical (unpaired) electrons. The number of rotatable bonds is 6. The number of benzene rings is 2. The molecule has 7 heteroatoms. The van der Waals surface area contributed by atoms with E-state index in [1.165, 1.54) is 0 Å². The molecule has 3 N–H and O–H groups in total. The van der Waals surface area contributed by atoms with Crippen molar-refractivity contribution in [2.75, 3.05) is 17.2 Å². The quantitative estimate of drug-likeness (QED) is 0.651. The molecule has 2 aromatic carbocycles. The highest BCUT2D eigenvalue weighted by atomic mass is 35.5. The highest BCUT2D eigenvalue weighted by Crippen LogP contribution is 2.29. The molecule has 142 valence electrons. The number of para-hydroxylation sites is 1. The first kappa shape index (κ1) is 19.5. The van der Waals surface area contributed by atoms with Gasteiger partial charge in [0.25, 0.3) is 5.91 Å². The standard InChI is InChI=1S/C20H21Cl2N3O2/c21-15-9-5-11-17(19(15)22)23-12-18(26)25-16-10-4-3-8-14(16)20(27)24-13-6-1-2-7-13/h3-5,8-11,13,23H,1-2,6-7,12H2,(H,24,27)(H,25,26). The van der Waals surface area contributed by atoms with E-state index in [1.54, 1.807) is 42.5 Å².